The maximum atomic E-state index is 12.3. The third-order valence-electron chi connectivity index (χ3n) is 4.33. The second-order valence-electron chi connectivity index (χ2n) is 6.97. The molecule has 0 spiro atoms. The highest BCUT2D eigenvalue weighted by molar-refractivity contribution is 5.84. The van der Waals surface area contributed by atoms with Crippen molar-refractivity contribution in [1.82, 2.24) is 4.90 Å². The van der Waals surface area contributed by atoms with Gasteiger partial charge in [0, 0.05) is 19.4 Å². The Labute approximate surface area is 126 Å². The van der Waals surface area contributed by atoms with Crippen molar-refractivity contribution in [3.05, 3.63) is 0 Å². The van der Waals surface area contributed by atoms with Crippen molar-refractivity contribution in [3.63, 3.8) is 0 Å². The number of rotatable bonds is 6. The molecule has 0 radical (unpaired) electrons. The molecule has 1 fully saturated rings. The van der Waals surface area contributed by atoms with E-state index in [9.17, 15) is 14.7 Å². The van der Waals surface area contributed by atoms with Gasteiger partial charge in [0.15, 0.2) is 0 Å². The van der Waals surface area contributed by atoms with E-state index >= 15 is 0 Å². The predicted molar refractivity (Wildman–Crippen MR) is 79.6 cm³/mol. The summed E-state index contributed by atoms with van der Waals surface area (Å²) in [5, 5.41) is 18.7. The van der Waals surface area contributed by atoms with Gasteiger partial charge in [0.05, 0.1) is 6.10 Å². The van der Waals surface area contributed by atoms with Crippen molar-refractivity contribution in [2.75, 3.05) is 13.1 Å². The maximum Gasteiger partial charge on any atom is 0.326 e. The summed E-state index contributed by atoms with van der Waals surface area (Å²) in [7, 11) is 0. The Balaban J connectivity index is 2.61. The molecular formula is C15H28N2O4. The van der Waals surface area contributed by atoms with Gasteiger partial charge in [-0.1, -0.05) is 20.8 Å². The first-order valence-electron chi connectivity index (χ1n) is 7.57. The first kappa shape index (κ1) is 17.9. The van der Waals surface area contributed by atoms with Crippen LogP contribution in [0.1, 0.15) is 46.5 Å². The molecule has 21 heavy (non-hydrogen) atoms. The minimum Gasteiger partial charge on any atom is -0.480 e. The number of β-amino-alcohol motifs (C(OH)–C–C–N with tert-alkyl or cyclic N) is 1. The molecule has 122 valence electrons. The van der Waals surface area contributed by atoms with Crippen LogP contribution in [0, 0.1) is 11.3 Å². The fourth-order valence-corrected chi connectivity index (χ4v) is 2.98. The van der Waals surface area contributed by atoms with E-state index in [-0.39, 0.29) is 24.3 Å². The van der Waals surface area contributed by atoms with E-state index in [2.05, 4.69) is 20.8 Å². The normalized spacial score (nSPS) is 24.1. The fraction of sp³-hybridized carbons (Fsp3) is 0.867. The third-order valence-corrected chi connectivity index (χ3v) is 4.33. The zero-order chi connectivity index (χ0) is 16.2. The van der Waals surface area contributed by atoms with Crippen LogP contribution in [0.15, 0.2) is 0 Å². The lowest BCUT2D eigenvalue weighted by Crippen LogP contribution is -2.41. The SMILES string of the molecule is CC(C)(C)C(CCN)CCC(=O)N1C[C@H](O)C[C@H]1C(=O)O. The number of carbonyl (C=O) groups excluding carboxylic acids is 1. The number of aliphatic hydroxyl groups excluding tert-OH is 1. The maximum absolute atomic E-state index is 12.3. The van der Waals surface area contributed by atoms with Gasteiger partial charge in [-0.15, -0.1) is 0 Å². The largest absolute Gasteiger partial charge is 0.480 e. The van der Waals surface area contributed by atoms with Crippen LogP contribution in [0.2, 0.25) is 0 Å². The minimum absolute atomic E-state index is 0.0658. The summed E-state index contributed by atoms with van der Waals surface area (Å²) in [5.41, 5.74) is 5.69. The average Bonchev–Trinajstić information content (AvgIpc) is 2.75. The van der Waals surface area contributed by atoms with Gasteiger partial charge >= 0.3 is 5.97 Å². The van der Waals surface area contributed by atoms with Gasteiger partial charge in [0.25, 0.3) is 0 Å². The van der Waals surface area contributed by atoms with Crippen molar-refractivity contribution in [3.8, 4) is 0 Å². The van der Waals surface area contributed by atoms with E-state index in [1.54, 1.807) is 0 Å². The topological polar surface area (TPSA) is 104 Å². The number of carboxylic acids is 1. The summed E-state index contributed by atoms with van der Waals surface area (Å²) in [6, 6.07) is -0.893. The second kappa shape index (κ2) is 7.22. The smallest absolute Gasteiger partial charge is 0.326 e. The zero-order valence-electron chi connectivity index (χ0n) is 13.2. The van der Waals surface area contributed by atoms with Gasteiger partial charge in [-0.25, -0.2) is 4.79 Å². The molecule has 6 heteroatoms. The average molecular weight is 300 g/mol. The minimum atomic E-state index is -1.05. The quantitative estimate of drug-likeness (QED) is 0.674. The molecule has 0 aromatic carbocycles. The number of aliphatic hydroxyl groups is 1. The lowest BCUT2D eigenvalue weighted by Gasteiger charge is -2.31. The first-order valence-corrected chi connectivity index (χ1v) is 7.57. The molecule has 0 aliphatic carbocycles. The number of nitrogens with zero attached hydrogens (tertiary/aromatic N) is 1. The summed E-state index contributed by atoms with van der Waals surface area (Å²) in [5.74, 6) is -0.915. The van der Waals surface area contributed by atoms with Crippen LogP contribution in [0.3, 0.4) is 0 Å². The molecule has 4 N–H and O–H groups in total. The Morgan fingerprint density at radius 1 is 1.33 bits per heavy atom. The molecule has 6 nitrogen and oxygen atoms in total. The molecule has 1 amide bonds. The molecule has 1 aliphatic rings. The van der Waals surface area contributed by atoms with Crippen molar-refractivity contribution in [2.45, 2.75) is 58.6 Å². The highest BCUT2D eigenvalue weighted by Crippen LogP contribution is 2.32. The van der Waals surface area contributed by atoms with Crippen LogP contribution in [-0.2, 0) is 9.59 Å². The molecular weight excluding hydrogens is 272 g/mol. The molecule has 1 heterocycles. The Kier molecular flexibility index (Phi) is 6.16. The van der Waals surface area contributed by atoms with Gasteiger partial charge in [-0.05, 0) is 30.7 Å². The predicted octanol–water partition coefficient (Wildman–Crippen LogP) is 0.824. The molecule has 0 aromatic rings. The van der Waals surface area contributed by atoms with Crippen molar-refractivity contribution in [2.24, 2.45) is 17.1 Å². The molecule has 1 unspecified atom stereocenters. The van der Waals surface area contributed by atoms with Crippen LogP contribution in [0.4, 0.5) is 0 Å². The summed E-state index contributed by atoms with van der Waals surface area (Å²) in [6.45, 7) is 7.07. The summed E-state index contributed by atoms with van der Waals surface area (Å²) >= 11 is 0. The van der Waals surface area contributed by atoms with Gasteiger partial charge < -0.3 is 20.8 Å². The number of likely N-dealkylation sites (tertiary alicyclic amines) is 1. The lowest BCUT2D eigenvalue weighted by atomic mass is 9.76. The first-order chi connectivity index (χ1) is 9.66. The summed E-state index contributed by atoms with van der Waals surface area (Å²) in [4.78, 5) is 24.7. The molecule has 0 aromatic heterocycles. The third kappa shape index (κ3) is 4.97. The number of hydrogen-bond donors (Lipinski definition) is 3. The van der Waals surface area contributed by atoms with Crippen molar-refractivity contribution < 1.29 is 19.8 Å². The van der Waals surface area contributed by atoms with Crippen LogP contribution >= 0.6 is 0 Å². The Morgan fingerprint density at radius 2 is 1.95 bits per heavy atom. The van der Waals surface area contributed by atoms with E-state index in [0.717, 1.165) is 6.42 Å². The van der Waals surface area contributed by atoms with E-state index in [0.29, 0.717) is 25.3 Å². The van der Waals surface area contributed by atoms with Gasteiger partial charge in [0.1, 0.15) is 6.04 Å². The highest BCUT2D eigenvalue weighted by Gasteiger charge is 2.39. The summed E-state index contributed by atoms with van der Waals surface area (Å²) in [6.07, 6.45) is 1.23. The standard InChI is InChI=1S/C15H28N2O4/c1-15(2,3)10(6-7-16)4-5-13(19)17-9-11(18)8-12(17)14(20)21/h10-12,18H,4-9,16H2,1-3H3,(H,20,21)/t10?,11-,12+/m1/s1. The molecule has 1 rings (SSSR count). The highest BCUT2D eigenvalue weighted by atomic mass is 16.4. The van der Waals surface area contributed by atoms with E-state index in [4.69, 9.17) is 10.8 Å². The van der Waals surface area contributed by atoms with Crippen LogP contribution < -0.4 is 5.73 Å². The van der Waals surface area contributed by atoms with E-state index in [1.807, 2.05) is 0 Å². The Bertz CT molecular complexity index is 378. The number of hydrogen-bond acceptors (Lipinski definition) is 4. The van der Waals surface area contributed by atoms with E-state index < -0.39 is 18.1 Å². The van der Waals surface area contributed by atoms with Crippen LogP contribution in [0.25, 0.3) is 0 Å². The molecule has 0 saturated carbocycles. The van der Waals surface area contributed by atoms with Gasteiger partial charge in [-0.3, -0.25) is 4.79 Å². The fourth-order valence-electron chi connectivity index (χ4n) is 2.98. The Hall–Kier alpha value is -1.14. The number of carbonyl (C=O) groups is 2. The molecule has 1 saturated heterocycles. The number of nitrogens with two attached hydrogens (primary N) is 1. The number of aliphatic carboxylic acids is 1. The van der Waals surface area contributed by atoms with Crippen LogP contribution in [-0.4, -0.2) is 52.2 Å². The zero-order valence-corrected chi connectivity index (χ0v) is 13.2. The number of amides is 1. The molecule has 3 atom stereocenters. The van der Waals surface area contributed by atoms with Crippen molar-refractivity contribution in [1.29, 1.82) is 0 Å². The van der Waals surface area contributed by atoms with Crippen molar-refractivity contribution >= 4 is 11.9 Å². The second-order valence-corrected chi connectivity index (χ2v) is 6.97. The molecule has 0 bridgehead atoms. The van der Waals surface area contributed by atoms with Crippen LogP contribution in [0.5, 0.6) is 0 Å². The van der Waals surface area contributed by atoms with Gasteiger partial charge in [-0.2, -0.15) is 0 Å². The summed E-state index contributed by atoms with van der Waals surface area (Å²) < 4.78 is 0. The van der Waals surface area contributed by atoms with Gasteiger partial charge in [0.2, 0.25) is 5.91 Å². The Morgan fingerprint density at radius 3 is 2.43 bits per heavy atom. The lowest BCUT2D eigenvalue weighted by molar-refractivity contribution is -0.148. The monoisotopic (exact) mass is 300 g/mol. The molecule has 1 aliphatic heterocycles. The number of carboxylic acid groups (broad SMARTS) is 1. The van der Waals surface area contributed by atoms with E-state index in [1.165, 1.54) is 4.90 Å².